The molecule has 2 heterocycles. The summed E-state index contributed by atoms with van der Waals surface area (Å²) in [7, 11) is 1.38. The molecule has 0 amide bonds. The van der Waals surface area contributed by atoms with Crippen molar-refractivity contribution < 1.29 is 14.3 Å². The van der Waals surface area contributed by atoms with Gasteiger partial charge in [-0.1, -0.05) is 0 Å². The van der Waals surface area contributed by atoms with E-state index in [0.717, 1.165) is 25.2 Å². The molecule has 6 nitrogen and oxygen atoms in total. The summed E-state index contributed by atoms with van der Waals surface area (Å²) in [5.74, 6) is -0.302. The predicted octanol–water partition coefficient (Wildman–Crippen LogP) is 0.277. The summed E-state index contributed by atoms with van der Waals surface area (Å²) in [6, 6.07) is 0. The number of carbonyl (C=O) groups is 1. The van der Waals surface area contributed by atoms with Gasteiger partial charge in [0.2, 0.25) is 0 Å². The van der Waals surface area contributed by atoms with E-state index in [0.29, 0.717) is 13.2 Å². The molecule has 0 bridgehead atoms. The van der Waals surface area contributed by atoms with Gasteiger partial charge in [0.25, 0.3) is 0 Å². The molecule has 100 valence electrons. The first kappa shape index (κ1) is 13.0. The van der Waals surface area contributed by atoms with Crippen molar-refractivity contribution in [2.24, 2.45) is 0 Å². The summed E-state index contributed by atoms with van der Waals surface area (Å²) >= 11 is 0. The first-order chi connectivity index (χ1) is 8.72. The van der Waals surface area contributed by atoms with Crippen LogP contribution in [0.1, 0.15) is 12.5 Å². The quantitative estimate of drug-likeness (QED) is 0.721. The van der Waals surface area contributed by atoms with E-state index in [9.17, 15) is 4.79 Å². The summed E-state index contributed by atoms with van der Waals surface area (Å²) in [6.45, 7) is 5.67. The monoisotopic (exact) mass is 253 g/mol. The summed E-state index contributed by atoms with van der Waals surface area (Å²) in [4.78, 5) is 13.6. The average Bonchev–Trinajstić information content (AvgIpc) is 2.86. The molecule has 0 radical (unpaired) electrons. The van der Waals surface area contributed by atoms with Crippen LogP contribution >= 0.6 is 0 Å². The standard InChI is InChI=1S/C12H19N3O3/c1-3-15-8-10(6-13-15)7-14-4-5-18-11(9-14)12(16)17-2/h6,8,11H,3-5,7,9H2,1-2H3. The Hall–Kier alpha value is -1.40. The number of ether oxygens (including phenoxy) is 2. The number of methoxy groups -OCH3 is 1. The molecule has 18 heavy (non-hydrogen) atoms. The van der Waals surface area contributed by atoms with Gasteiger partial charge in [0.15, 0.2) is 6.10 Å². The Bertz CT molecular complexity index is 405. The average molecular weight is 253 g/mol. The van der Waals surface area contributed by atoms with Gasteiger partial charge in [0.1, 0.15) is 0 Å². The van der Waals surface area contributed by atoms with Crippen molar-refractivity contribution in [1.82, 2.24) is 14.7 Å². The van der Waals surface area contributed by atoms with Crippen LogP contribution in [0.2, 0.25) is 0 Å². The highest BCUT2D eigenvalue weighted by Gasteiger charge is 2.27. The largest absolute Gasteiger partial charge is 0.467 e. The summed E-state index contributed by atoms with van der Waals surface area (Å²) in [5.41, 5.74) is 1.15. The van der Waals surface area contributed by atoms with Gasteiger partial charge in [-0.25, -0.2) is 4.79 Å². The minimum absolute atomic E-state index is 0.302. The molecular weight excluding hydrogens is 234 g/mol. The van der Waals surface area contributed by atoms with Gasteiger partial charge >= 0.3 is 5.97 Å². The van der Waals surface area contributed by atoms with Crippen LogP contribution in [0.4, 0.5) is 0 Å². The van der Waals surface area contributed by atoms with Crippen molar-refractivity contribution in [2.75, 3.05) is 26.8 Å². The van der Waals surface area contributed by atoms with E-state index in [2.05, 4.69) is 16.9 Å². The van der Waals surface area contributed by atoms with Crippen molar-refractivity contribution in [3.8, 4) is 0 Å². The van der Waals surface area contributed by atoms with Crippen molar-refractivity contribution in [2.45, 2.75) is 26.1 Å². The normalized spacial score (nSPS) is 20.9. The fourth-order valence-corrected chi connectivity index (χ4v) is 2.04. The second-order valence-electron chi connectivity index (χ2n) is 4.32. The van der Waals surface area contributed by atoms with Crippen molar-refractivity contribution in [3.63, 3.8) is 0 Å². The van der Waals surface area contributed by atoms with Crippen molar-refractivity contribution in [1.29, 1.82) is 0 Å². The molecule has 1 saturated heterocycles. The zero-order valence-corrected chi connectivity index (χ0v) is 10.8. The second kappa shape index (κ2) is 5.97. The van der Waals surface area contributed by atoms with Gasteiger partial charge in [-0.05, 0) is 6.92 Å². The Morgan fingerprint density at radius 3 is 3.17 bits per heavy atom. The Morgan fingerprint density at radius 2 is 2.50 bits per heavy atom. The van der Waals surface area contributed by atoms with Gasteiger partial charge in [-0.15, -0.1) is 0 Å². The van der Waals surface area contributed by atoms with E-state index in [-0.39, 0.29) is 5.97 Å². The SMILES string of the molecule is CCn1cc(CN2CCOC(C(=O)OC)C2)cn1. The first-order valence-electron chi connectivity index (χ1n) is 6.16. The van der Waals surface area contributed by atoms with Crippen LogP contribution in [0.5, 0.6) is 0 Å². The van der Waals surface area contributed by atoms with E-state index in [1.165, 1.54) is 7.11 Å². The molecular formula is C12H19N3O3. The number of aromatic nitrogens is 2. The highest BCUT2D eigenvalue weighted by Crippen LogP contribution is 2.11. The molecule has 0 spiro atoms. The molecule has 0 N–H and O–H groups in total. The van der Waals surface area contributed by atoms with Crippen LogP contribution in [0, 0.1) is 0 Å². The Labute approximate surface area is 106 Å². The molecule has 1 aromatic heterocycles. The highest BCUT2D eigenvalue weighted by atomic mass is 16.6. The number of esters is 1. The molecule has 1 unspecified atom stereocenters. The fourth-order valence-electron chi connectivity index (χ4n) is 2.04. The molecule has 1 aliphatic heterocycles. The van der Waals surface area contributed by atoms with E-state index in [1.807, 2.05) is 17.1 Å². The molecule has 2 rings (SSSR count). The molecule has 0 saturated carbocycles. The number of morpholine rings is 1. The van der Waals surface area contributed by atoms with Gasteiger partial charge < -0.3 is 9.47 Å². The first-order valence-corrected chi connectivity index (χ1v) is 6.16. The lowest BCUT2D eigenvalue weighted by atomic mass is 10.2. The van der Waals surface area contributed by atoms with Crippen LogP contribution in [0.3, 0.4) is 0 Å². The topological polar surface area (TPSA) is 56.6 Å². The Kier molecular flexibility index (Phi) is 4.33. The summed E-state index contributed by atoms with van der Waals surface area (Å²) < 4.78 is 12.0. The molecule has 1 aromatic rings. The maximum Gasteiger partial charge on any atom is 0.336 e. The summed E-state index contributed by atoms with van der Waals surface area (Å²) in [6.07, 6.45) is 3.43. The lowest BCUT2D eigenvalue weighted by Gasteiger charge is -2.30. The fraction of sp³-hybridized carbons (Fsp3) is 0.667. The smallest absolute Gasteiger partial charge is 0.336 e. The third-order valence-electron chi connectivity index (χ3n) is 3.03. The molecule has 1 aliphatic rings. The van der Waals surface area contributed by atoms with Crippen LogP contribution in [0.15, 0.2) is 12.4 Å². The molecule has 0 aromatic carbocycles. The second-order valence-corrected chi connectivity index (χ2v) is 4.32. The maximum atomic E-state index is 11.4. The zero-order chi connectivity index (χ0) is 13.0. The Morgan fingerprint density at radius 1 is 1.67 bits per heavy atom. The molecule has 1 atom stereocenters. The zero-order valence-electron chi connectivity index (χ0n) is 10.8. The van der Waals surface area contributed by atoms with Crippen LogP contribution in [-0.4, -0.2) is 53.6 Å². The lowest BCUT2D eigenvalue weighted by Crippen LogP contribution is -2.45. The number of hydrogen-bond donors (Lipinski definition) is 0. The molecule has 6 heteroatoms. The van der Waals surface area contributed by atoms with E-state index < -0.39 is 6.10 Å². The number of rotatable bonds is 4. The van der Waals surface area contributed by atoms with Crippen molar-refractivity contribution in [3.05, 3.63) is 18.0 Å². The van der Waals surface area contributed by atoms with Crippen LogP contribution < -0.4 is 0 Å². The number of carbonyl (C=O) groups excluding carboxylic acids is 1. The van der Waals surface area contributed by atoms with E-state index >= 15 is 0 Å². The third kappa shape index (κ3) is 3.08. The summed E-state index contributed by atoms with van der Waals surface area (Å²) in [5, 5.41) is 4.24. The van der Waals surface area contributed by atoms with Crippen LogP contribution in [-0.2, 0) is 27.4 Å². The predicted molar refractivity (Wildman–Crippen MR) is 64.9 cm³/mol. The minimum Gasteiger partial charge on any atom is -0.467 e. The molecule has 1 fully saturated rings. The van der Waals surface area contributed by atoms with Gasteiger partial charge in [-0.2, -0.15) is 5.10 Å². The molecule has 0 aliphatic carbocycles. The number of hydrogen-bond acceptors (Lipinski definition) is 5. The van der Waals surface area contributed by atoms with Gasteiger partial charge in [0.05, 0.1) is 19.9 Å². The van der Waals surface area contributed by atoms with E-state index in [4.69, 9.17) is 9.47 Å². The highest BCUT2D eigenvalue weighted by molar-refractivity contribution is 5.74. The Balaban J connectivity index is 1.91. The number of aryl methyl sites for hydroxylation is 1. The third-order valence-corrected chi connectivity index (χ3v) is 3.03. The van der Waals surface area contributed by atoms with Crippen LogP contribution in [0.25, 0.3) is 0 Å². The maximum absolute atomic E-state index is 11.4. The van der Waals surface area contributed by atoms with E-state index in [1.54, 1.807) is 0 Å². The lowest BCUT2D eigenvalue weighted by molar-refractivity contribution is -0.160. The van der Waals surface area contributed by atoms with Gasteiger partial charge in [0, 0.05) is 37.9 Å². The minimum atomic E-state index is -0.468. The van der Waals surface area contributed by atoms with Crippen molar-refractivity contribution >= 4 is 5.97 Å². The number of nitrogens with zero attached hydrogens (tertiary/aromatic N) is 3. The van der Waals surface area contributed by atoms with Gasteiger partial charge in [-0.3, -0.25) is 9.58 Å².